The van der Waals surface area contributed by atoms with Gasteiger partial charge in [-0.05, 0) is 35.9 Å². The lowest BCUT2D eigenvalue weighted by Gasteiger charge is -2.19. The Kier molecular flexibility index (Phi) is 7.80. The second-order valence-electron chi connectivity index (χ2n) is 6.19. The van der Waals surface area contributed by atoms with E-state index in [4.69, 9.17) is 39.9 Å². The quantitative estimate of drug-likeness (QED) is 0.284. The van der Waals surface area contributed by atoms with Crippen LogP contribution in [0.4, 0.5) is 22.4 Å². The number of hydrogen-bond acceptors (Lipinski definition) is 2. The molecule has 1 atom stereocenters. The van der Waals surface area contributed by atoms with Crippen molar-refractivity contribution < 1.29 is 32.3 Å². The van der Waals surface area contributed by atoms with Crippen molar-refractivity contribution in [3.63, 3.8) is 0 Å². The lowest BCUT2D eigenvalue weighted by Crippen LogP contribution is -2.42. The topological polar surface area (TPSA) is 69.6 Å². The van der Waals surface area contributed by atoms with Gasteiger partial charge in [-0.3, -0.25) is 10.2 Å². The molecule has 2 rings (SSSR count). The maximum Gasteiger partial charge on any atom is 0.425 e. The summed E-state index contributed by atoms with van der Waals surface area (Å²) in [5.74, 6) is -4.38. The zero-order valence-electron chi connectivity index (χ0n) is 15.5. The Morgan fingerprint density at radius 1 is 1.06 bits per heavy atom. The molecule has 0 saturated carbocycles. The highest BCUT2D eigenvalue weighted by Crippen LogP contribution is 2.42. The Morgan fingerprint density at radius 2 is 1.55 bits per heavy atom. The van der Waals surface area contributed by atoms with Crippen LogP contribution in [0.15, 0.2) is 42.5 Å². The minimum absolute atomic E-state index is 0.0340. The van der Waals surface area contributed by atoms with Crippen molar-refractivity contribution in [2.45, 2.75) is 12.1 Å². The van der Waals surface area contributed by atoms with Gasteiger partial charge in [-0.25, -0.2) is 14.2 Å². The Labute approximate surface area is 188 Å². The summed E-state index contributed by atoms with van der Waals surface area (Å²) in [5.41, 5.74) is 1.36. The highest BCUT2D eigenvalue weighted by atomic mass is 35.5. The fraction of sp³-hybridized carbons (Fsp3) is 0.158. The van der Waals surface area contributed by atoms with E-state index in [0.29, 0.717) is 11.1 Å². The average molecular weight is 500 g/mol. The predicted molar refractivity (Wildman–Crippen MR) is 109 cm³/mol. The maximum atomic E-state index is 14.6. The van der Waals surface area contributed by atoms with Gasteiger partial charge in [-0.15, -0.1) is 0 Å². The summed E-state index contributed by atoms with van der Waals surface area (Å²) in [6, 6.07) is 6.32. The van der Waals surface area contributed by atoms with Crippen molar-refractivity contribution in [2.24, 2.45) is 0 Å². The third kappa shape index (κ3) is 6.25. The Hall–Kier alpha value is -2.49. The molecule has 0 aliphatic rings. The number of nitrogens with one attached hydrogen (secondary N) is 1. The van der Waals surface area contributed by atoms with Crippen LogP contribution >= 0.6 is 34.8 Å². The summed E-state index contributed by atoms with van der Waals surface area (Å²) in [7, 11) is 1.09. The van der Waals surface area contributed by atoms with Gasteiger partial charge in [0.15, 0.2) is 0 Å². The zero-order chi connectivity index (χ0) is 23.5. The molecule has 166 valence electrons. The number of carbonyl (C=O) groups is 2. The monoisotopic (exact) mass is 498 g/mol. The van der Waals surface area contributed by atoms with Gasteiger partial charge in [0.05, 0.1) is 15.1 Å². The first-order valence-corrected chi connectivity index (χ1v) is 9.41. The van der Waals surface area contributed by atoms with E-state index in [1.165, 1.54) is 0 Å². The largest absolute Gasteiger partial charge is 0.464 e. The molecule has 0 aliphatic carbocycles. The van der Waals surface area contributed by atoms with Crippen molar-refractivity contribution in [2.75, 3.05) is 7.05 Å². The Balaban J connectivity index is 2.34. The number of carboxylic acid groups (broad SMARTS) is 1. The number of nitrogens with zero attached hydrogens (tertiary/aromatic N) is 1. The molecule has 1 unspecified atom stereocenters. The molecule has 0 saturated heterocycles. The summed E-state index contributed by atoms with van der Waals surface area (Å²) >= 11 is 17.3. The van der Waals surface area contributed by atoms with Gasteiger partial charge in [0.25, 0.3) is 5.91 Å². The first kappa shape index (κ1) is 24.8. The van der Waals surface area contributed by atoms with E-state index in [1.54, 1.807) is 0 Å². The van der Waals surface area contributed by atoms with Crippen LogP contribution in [-0.4, -0.2) is 35.3 Å². The normalized spacial score (nSPS) is 13.0. The second-order valence-corrected chi connectivity index (χ2v) is 7.38. The number of rotatable bonds is 4. The van der Waals surface area contributed by atoms with Crippen molar-refractivity contribution in [1.82, 2.24) is 10.4 Å². The van der Waals surface area contributed by atoms with Crippen LogP contribution in [0.1, 0.15) is 27.4 Å². The Morgan fingerprint density at radius 3 is 2.00 bits per heavy atom. The van der Waals surface area contributed by atoms with Crippen LogP contribution in [0.25, 0.3) is 5.83 Å². The molecule has 0 aromatic heterocycles. The van der Waals surface area contributed by atoms with Crippen LogP contribution in [0.3, 0.4) is 0 Å². The molecule has 2 N–H and O–H groups in total. The minimum atomic E-state index is -4.86. The Bertz CT molecular complexity index is 1000. The molecule has 5 nitrogen and oxygen atoms in total. The first-order chi connectivity index (χ1) is 14.3. The maximum absolute atomic E-state index is 14.6. The highest BCUT2D eigenvalue weighted by Gasteiger charge is 2.40. The van der Waals surface area contributed by atoms with Crippen molar-refractivity contribution >= 4 is 52.6 Å². The molecule has 2 amide bonds. The van der Waals surface area contributed by atoms with E-state index >= 15 is 0 Å². The van der Waals surface area contributed by atoms with Crippen LogP contribution in [0, 0.1) is 0 Å². The minimum Gasteiger partial charge on any atom is -0.464 e. The van der Waals surface area contributed by atoms with Crippen LogP contribution in [0.5, 0.6) is 0 Å². The SMILES string of the molecule is CN(NC(=O)c1ccc(C(F)=CC(c2cc(Cl)c(Cl)c(Cl)c2)C(F)(F)F)cc1)C(=O)O. The van der Waals surface area contributed by atoms with Crippen molar-refractivity contribution in [3.8, 4) is 0 Å². The van der Waals surface area contributed by atoms with E-state index in [1.807, 2.05) is 5.43 Å². The molecular formula is C19H13Cl3F4N2O3. The number of carbonyl (C=O) groups excluding carboxylic acids is 1. The molecule has 0 bridgehead atoms. The van der Waals surface area contributed by atoms with Crippen LogP contribution in [-0.2, 0) is 0 Å². The molecule has 0 aliphatic heterocycles. The standard InChI is InChI=1S/C19H13Cl3F4N2O3/c1-28(18(30)31)27-17(29)10-4-2-9(3-5-10)15(23)8-12(19(24,25)26)11-6-13(20)16(22)14(21)7-11/h2-8,12H,1H3,(H,27,29)(H,30,31). The molecule has 0 heterocycles. The summed E-state index contributed by atoms with van der Waals surface area (Å²) in [6.45, 7) is 0. The number of halogens is 7. The van der Waals surface area contributed by atoms with Gasteiger partial charge in [-0.1, -0.05) is 46.9 Å². The molecule has 2 aromatic carbocycles. The zero-order valence-corrected chi connectivity index (χ0v) is 17.7. The van der Waals surface area contributed by atoms with E-state index in [9.17, 15) is 27.2 Å². The lowest BCUT2D eigenvalue weighted by atomic mass is 9.96. The molecule has 2 aromatic rings. The van der Waals surface area contributed by atoms with Crippen LogP contribution in [0.2, 0.25) is 15.1 Å². The number of allylic oxidation sites excluding steroid dienone is 1. The van der Waals surface area contributed by atoms with Gasteiger partial charge in [0.2, 0.25) is 0 Å². The number of amides is 2. The van der Waals surface area contributed by atoms with Crippen LogP contribution < -0.4 is 5.43 Å². The fourth-order valence-corrected chi connectivity index (χ4v) is 3.04. The second kappa shape index (κ2) is 9.76. The molecule has 12 heteroatoms. The van der Waals surface area contributed by atoms with E-state index < -0.39 is 35.5 Å². The van der Waals surface area contributed by atoms with E-state index in [2.05, 4.69) is 0 Å². The fourth-order valence-electron chi connectivity index (χ4n) is 2.42. The first-order valence-electron chi connectivity index (χ1n) is 8.27. The third-order valence-corrected chi connectivity index (χ3v) is 5.21. The highest BCUT2D eigenvalue weighted by molar-refractivity contribution is 6.48. The van der Waals surface area contributed by atoms with Gasteiger partial charge in [-0.2, -0.15) is 13.2 Å². The van der Waals surface area contributed by atoms with Crippen molar-refractivity contribution in [1.29, 1.82) is 0 Å². The van der Waals surface area contributed by atoms with Gasteiger partial charge in [0, 0.05) is 18.2 Å². The van der Waals surface area contributed by atoms with Crippen molar-refractivity contribution in [3.05, 3.63) is 74.2 Å². The van der Waals surface area contributed by atoms with E-state index in [-0.39, 0.29) is 26.2 Å². The smallest absolute Gasteiger partial charge is 0.425 e. The molecular weight excluding hydrogens is 487 g/mol. The van der Waals surface area contributed by atoms with Gasteiger partial charge in [0.1, 0.15) is 11.7 Å². The van der Waals surface area contributed by atoms with Gasteiger partial charge >= 0.3 is 12.3 Å². The molecule has 0 fully saturated rings. The number of hydrogen-bond donors (Lipinski definition) is 2. The number of alkyl halides is 3. The van der Waals surface area contributed by atoms with Gasteiger partial charge < -0.3 is 5.11 Å². The summed E-state index contributed by atoms with van der Waals surface area (Å²) in [6.07, 6.45) is -5.93. The molecule has 31 heavy (non-hydrogen) atoms. The number of benzene rings is 2. The summed E-state index contributed by atoms with van der Waals surface area (Å²) in [5, 5.41) is 8.68. The third-order valence-electron chi connectivity index (χ3n) is 4.01. The molecule has 0 spiro atoms. The molecule has 0 radical (unpaired) electrons. The number of hydrazine groups is 1. The summed E-state index contributed by atoms with van der Waals surface area (Å²) in [4.78, 5) is 22.6. The lowest BCUT2D eigenvalue weighted by molar-refractivity contribution is -0.139. The average Bonchev–Trinajstić information content (AvgIpc) is 2.68. The predicted octanol–water partition coefficient (Wildman–Crippen LogP) is 6.56. The van der Waals surface area contributed by atoms with E-state index in [0.717, 1.165) is 43.4 Å². The summed E-state index contributed by atoms with van der Waals surface area (Å²) < 4.78 is 55.3.